The molecule has 0 spiro atoms. The highest BCUT2D eigenvalue weighted by molar-refractivity contribution is 5.87. The van der Waals surface area contributed by atoms with E-state index < -0.39 is 0 Å². The number of ether oxygens (including phenoxy) is 1. The van der Waals surface area contributed by atoms with Gasteiger partial charge in [0.2, 0.25) is 0 Å². The zero-order chi connectivity index (χ0) is 11.1. The number of rotatable bonds is 5. The van der Waals surface area contributed by atoms with Crippen molar-refractivity contribution in [3.63, 3.8) is 0 Å². The second-order valence-corrected chi connectivity index (χ2v) is 3.58. The molecule has 0 bridgehead atoms. The van der Waals surface area contributed by atoms with E-state index in [1.54, 1.807) is 6.92 Å². The van der Waals surface area contributed by atoms with Crippen LogP contribution in [-0.4, -0.2) is 37.6 Å². The van der Waals surface area contributed by atoms with Crippen LogP contribution in [-0.2, 0) is 9.53 Å². The van der Waals surface area contributed by atoms with Crippen molar-refractivity contribution in [1.82, 2.24) is 4.90 Å². The molecular formula is C11H21NO2. The van der Waals surface area contributed by atoms with Gasteiger partial charge in [-0.2, -0.15) is 0 Å². The maximum atomic E-state index is 11.1. The predicted molar refractivity (Wildman–Crippen MR) is 58.2 cm³/mol. The Morgan fingerprint density at radius 1 is 1.57 bits per heavy atom. The molecule has 0 amide bonds. The van der Waals surface area contributed by atoms with Crippen molar-refractivity contribution in [2.75, 3.05) is 20.7 Å². The first-order valence-electron chi connectivity index (χ1n) is 4.98. The maximum absolute atomic E-state index is 11.1. The second-order valence-electron chi connectivity index (χ2n) is 3.58. The lowest BCUT2D eigenvalue weighted by Gasteiger charge is -2.21. The van der Waals surface area contributed by atoms with Gasteiger partial charge in [0.1, 0.15) is 0 Å². The molecule has 1 atom stereocenters. The lowest BCUT2D eigenvalue weighted by molar-refractivity contribution is -0.136. The monoisotopic (exact) mass is 199 g/mol. The summed E-state index contributed by atoms with van der Waals surface area (Å²) in [6.45, 7) is 6.88. The Labute approximate surface area is 86.7 Å². The van der Waals surface area contributed by atoms with Crippen LogP contribution in [0.2, 0.25) is 0 Å². The van der Waals surface area contributed by atoms with E-state index in [4.69, 9.17) is 0 Å². The van der Waals surface area contributed by atoms with Crippen LogP contribution >= 0.6 is 0 Å². The third-order valence-electron chi connectivity index (χ3n) is 2.54. The summed E-state index contributed by atoms with van der Waals surface area (Å²) in [4.78, 5) is 13.3. The quantitative estimate of drug-likeness (QED) is 0.500. The summed E-state index contributed by atoms with van der Waals surface area (Å²) in [5.41, 5.74) is 0.669. The van der Waals surface area contributed by atoms with Gasteiger partial charge >= 0.3 is 5.97 Å². The Morgan fingerprint density at radius 3 is 2.57 bits per heavy atom. The van der Waals surface area contributed by atoms with Crippen molar-refractivity contribution >= 4 is 5.97 Å². The molecule has 0 aliphatic carbocycles. The van der Waals surface area contributed by atoms with Crippen molar-refractivity contribution < 1.29 is 9.53 Å². The SMILES string of the molecule is CCC(C)N(C)CC=C(C)C(=O)OC. The van der Waals surface area contributed by atoms with Gasteiger partial charge in [-0.25, -0.2) is 4.79 Å². The van der Waals surface area contributed by atoms with E-state index in [1.165, 1.54) is 7.11 Å². The molecule has 1 unspecified atom stereocenters. The molecule has 0 saturated carbocycles. The molecule has 0 N–H and O–H groups in total. The summed E-state index contributed by atoms with van der Waals surface area (Å²) < 4.78 is 4.61. The first kappa shape index (κ1) is 13.2. The summed E-state index contributed by atoms with van der Waals surface area (Å²) in [5.74, 6) is -0.248. The standard InChI is InChI=1S/C11H21NO2/c1-6-10(3)12(4)8-7-9(2)11(13)14-5/h7,10H,6,8H2,1-5H3. The van der Waals surface area contributed by atoms with E-state index in [0.717, 1.165) is 13.0 Å². The van der Waals surface area contributed by atoms with Crippen LogP contribution in [0.3, 0.4) is 0 Å². The topological polar surface area (TPSA) is 29.5 Å². The van der Waals surface area contributed by atoms with E-state index in [9.17, 15) is 4.79 Å². The molecule has 0 radical (unpaired) electrons. The van der Waals surface area contributed by atoms with Crippen molar-refractivity contribution in [2.24, 2.45) is 0 Å². The van der Waals surface area contributed by atoms with E-state index in [1.807, 2.05) is 6.08 Å². The van der Waals surface area contributed by atoms with Gasteiger partial charge in [0, 0.05) is 18.2 Å². The fraction of sp³-hybridized carbons (Fsp3) is 0.727. The first-order chi connectivity index (χ1) is 6.52. The van der Waals surface area contributed by atoms with Crippen LogP contribution in [0.15, 0.2) is 11.6 Å². The van der Waals surface area contributed by atoms with Crippen LogP contribution in [0, 0.1) is 0 Å². The fourth-order valence-corrected chi connectivity index (χ4v) is 1.02. The van der Waals surface area contributed by atoms with Crippen LogP contribution in [0.5, 0.6) is 0 Å². The number of hydrogen-bond donors (Lipinski definition) is 0. The molecule has 82 valence electrons. The third kappa shape index (κ3) is 4.42. The van der Waals surface area contributed by atoms with Crippen LogP contribution in [0.25, 0.3) is 0 Å². The zero-order valence-electron chi connectivity index (χ0n) is 9.83. The normalized spacial score (nSPS) is 14.3. The van der Waals surface area contributed by atoms with Gasteiger partial charge in [-0.15, -0.1) is 0 Å². The minimum Gasteiger partial charge on any atom is -0.466 e. The molecule has 0 heterocycles. The number of nitrogens with zero attached hydrogens (tertiary/aromatic N) is 1. The Bertz CT molecular complexity index is 211. The van der Waals surface area contributed by atoms with Gasteiger partial charge < -0.3 is 9.64 Å². The number of carbonyl (C=O) groups is 1. The second kappa shape index (κ2) is 6.60. The van der Waals surface area contributed by atoms with Crippen molar-refractivity contribution in [3.8, 4) is 0 Å². The summed E-state index contributed by atoms with van der Waals surface area (Å²) in [6, 6.07) is 0.539. The highest BCUT2D eigenvalue weighted by atomic mass is 16.5. The van der Waals surface area contributed by atoms with E-state index in [2.05, 4.69) is 30.5 Å². The first-order valence-corrected chi connectivity index (χ1v) is 4.98. The van der Waals surface area contributed by atoms with Crippen LogP contribution in [0.4, 0.5) is 0 Å². The minimum absolute atomic E-state index is 0.248. The molecule has 0 rings (SSSR count). The van der Waals surface area contributed by atoms with Gasteiger partial charge in [0.15, 0.2) is 0 Å². The van der Waals surface area contributed by atoms with Gasteiger partial charge in [0.25, 0.3) is 0 Å². The summed E-state index contributed by atoms with van der Waals surface area (Å²) >= 11 is 0. The molecule has 0 aromatic heterocycles. The average molecular weight is 199 g/mol. The van der Waals surface area contributed by atoms with Crippen molar-refractivity contribution in [1.29, 1.82) is 0 Å². The highest BCUT2D eigenvalue weighted by Crippen LogP contribution is 2.02. The zero-order valence-corrected chi connectivity index (χ0v) is 9.83. The van der Waals surface area contributed by atoms with E-state index in [-0.39, 0.29) is 5.97 Å². The smallest absolute Gasteiger partial charge is 0.333 e. The molecule has 14 heavy (non-hydrogen) atoms. The van der Waals surface area contributed by atoms with Crippen LogP contribution in [0.1, 0.15) is 27.2 Å². The number of esters is 1. The Kier molecular flexibility index (Phi) is 6.21. The molecule has 0 aliphatic rings. The summed E-state index contributed by atoms with van der Waals surface area (Å²) in [5, 5.41) is 0. The molecule has 3 nitrogen and oxygen atoms in total. The number of hydrogen-bond acceptors (Lipinski definition) is 3. The lowest BCUT2D eigenvalue weighted by Crippen LogP contribution is -2.28. The molecule has 0 aliphatic heterocycles. The Hall–Kier alpha value is -0.830. The predicted octanol–water partition coefficient (Wildman–Crippen LogP) is 1.84. The molecular weight excluding hydrogens is 178 g/mol. The largest absolute Gasteiger partial charge is 0.466 e. The molecule has 3 heteroatoms. The minimum atomic E-state index is -0.248. The highest BCUT2D eigenvalue weighted by Gasteiger charge is 2.06. The number of likely N-dealkylation sites (N-methyl/N-ethyl adjacent to an activating group) is 1. The van der Waals surface area contributed by atoms with Crippen molar-refractivity contribution in [3.05, 3.63) is 11.6 Å². The number of methoxy groups -OCH3 is 1. The fourth-order valence-electron chi connectivity index (χ4n) is 1.02. The van der Waals surface area contributed by atoms with Crippen LogP contribution < -0.4 is 0 Å². The van der Waals surface area contributed by atoms with Gasteiger partial charge in [-0.05, 0) is 27.3 Å². The number of carbonyl (C=O) groups excluding carboxylic acids is 1. The molecule has 0 fully saturated rings. The molecule has 0 saturated heterocycles. The van der Waals surface area contributed by atoms with Crippen molar-refractivity contribution in [2.45, 2.75) is 33.2 Å². The summed E-state index contributed by atoms with van der Waals surface area (Å²) in [6.07, 6.45) is 3.01. The van der Waals surface area contributed by atoms with Gasteiger partial charge in [-0.3, -0.25) is 0 Å². The van der Waals surface area contributed by atoms with E-state index in [0.29, 0.717) is 11.6 Å². The van der Waals surface area contributed by atoms with Gasteiger partial charge in [0.05, 0.1) is 7.11 Å². The average Bonchev–Trinajstić information content (AvgIpc) is 2.22. The Balaban J connectivity index is 4.08. The third-order valence-corrected chi connectivity index (χ3v) is 2.54. The van der Waals surface area contributed by atoms with Gasteiger partial charge in [-0.1, -0.05) is 13.0 Å². The molecule has 0 aromatic rings. The Morgan fingerprint density at radius 2 is 2.14 bits per heavy atom. The summed E-state index contributed by atoms with van der Waals surface area (Å²) in [7, 11) is 3.45. The maximum Gasteiger partial charge on any atom is 0.333 e. The lowest BCUT2D eigenvalue weighted by atomic mass is 10.2. The van der Waals surface area contributed by atoms with E-state index >= 15 is 0 Å². The molecule has 0 aromatic carbocycles.